The molecule has 0 fully saturated rings. The van der Waals surface area contributed by atoms with E-state index in [-0.39, 0.29) is 11.9 Å². The Morgan fingerprint density at radius 1 is 1.35 bits per heavy atom. The number of rotatable bonds is 4. The fourth-order valence-corrected chi connectivity index (χ4v) is 1.86. The number of carbonyl (C=O) groups excluding carboxylic acids is 1. The SMILES string of the molecule is CC(CBr)N(C)C(=O)c1cccc(N(C)C)c1. The average Bonchev–Trinajstić information content (AvgIpc) is 2.36. The second-order valence-corrected chi connectivity index (χ2v) is 5.01. The van der Waals surface area contributed by atoms with Gasteiger partial charge in [0.05, 0.1) is 0 Å². The Morgan fingerprint density at radius 2 is 2.00 bits per heavy atom. The second-order valence-electron chi connectivity index (χ2n) is 4.36. The fourth-order valence-electron chi connectivity index (χ4n) is 1.42. The number of halogens is 1. The van der Waals surface area contributed by atoms with Crippen LogP contribution in [0.15, 0.2) is 24.3 Å². The normalized spacial score (nSPS) is 12.1. The van der Waals surface area contributed by atoms with Crippen molar-refractivity contribution in [2.45, 2.75) is 13.0 Å². The average molecular weight is 299 g/mol. The van der Waals surface area contributed by atoms with Crippen LogP contribution in [-0.2, 0) is 0 Å². The highest BCUT2D eigenvalue weighted by atomic mass is 79.9. The number of carbonyl (C=O) groups is 1. The van der Waals surface area contributed by atoms with Crippen molar-refractivity contribution < 1.29 is 4.79 Å². The molecule has 0 aliphatic rings. The van der Waals surface area contributed by atoms with Crippen LogP contribution in [0, 0.1) is 0 Å². The van der Waals surface area contributed by atoms with Gasteiger partial charge in [-0.1, -0.05) is 22.0 Å². The smallest absolute Gasteiger partial charge is 0.253 e. The number of benzene rings is 1. The predicted octanol–water partition coefficient (Wildman–Crippen LogP) is 2.61. The van der Waals surface area contributed by atoms with E-state index in [1.165, 1.54) is 0 Å². The van der Waals surface area contributed by atoms with E-state index in [1.807, 2.05) is 57.2 Å². The molecule has 4 heteroatoms. The molecule has 0 saturated carbocycles. The first-order valence-electron chi connectivity index (χ1n) is 5.58. The van der Waals surface area contributed by atoms with Crippen LogP contribution in [0.1, 0.15) is 17.3 Å². The lowest BCUT2D eigenvalue weighted by Gasteiger charge is -2.24. The highest BCUT2D eigenvalue weighted by Crippen LogP contribution is 2.15. The van der Waals surface area contributed by atoms with Gasteiger partial charge in [-0.3, -0.25) is 4.79 Å². The van der Waals surface area contributed by atoms with Gasteiger partial charge < -0.3 is 9.80 Å². The summed E-state index contributed by atoms with van der Waals surface area (Å²) in [6.07, 6.45) is 0. The van der Waals surface area contributed by atoms with Crippen molar-refractivity contribution in [2.75, 3.05) is 31.4 Å². The summed E-state index contributed by atoms with van der Waals surface area (Å²) in [5, 5.41) is 0.780. The first-order valence-corrected chi connectivity index (χ1v) is 6.70. The van der Waals surface area contributed by atoms with Gasteiger partial charge in [-0.25, -0.2) is 0 Å². The minimum atomic E-state index is 0.0562. The van der Waals surface area contributed by atoms with Crippen LogP contribution in [0.25, 0.3) is 0 Å². The van der Waals surface area contributed by atoms with E-state index < -0.39 is 0 Å². The third-order valence-electron chi connectivity index (χ3n) is 2.81. The largest absolute Gasteiger partial charge is 0.378 e. The molecule has 0 aromatic heterocycles. The number of amides is 1. The molecule has 0 heterocycles. The van der Waals surface area contributed by atoms with Crippen molar-refractivity contribution in [3.63, 3.8) is 0 Å². The molecule has 17 heavy (non-hydrogen) atoms. The number of anilines is 1. The summed E-state index contributed by atoms with van der Waals surface area (Å²) < 4.78 is 0. The first kappa shape index (κ1) is 14.0. The highest BCUT2D eigenvalue weighted by molar-refractivity contribution is 9.09. The van der Waals surface area contributed by atoms with Crippen molar-refractivity contribution in [3.05, 3.63) is 29.8 Å². The van der Waals surface area contributed by atoms with Crippen LogP contribution in [0.4, 0.5) is 5.69 Å². The summed E-state index contributed by atoms with van der Waals surface area (Å²) in [7, 11) is 5.76. The van der Waals surface area contributed by atoms with Crippen LogP contribution in [-0.4, -0.2) is 43.3 Å². The van der Waals surface area contributed by atoms with E-state index in [0.717, 1.165) is 16.6 Å². The van der Waals surface area contributed by atoms with Gasteiger partial charge in [0.1, 0.15) is 0 Å². The van der Waals surface area contributed by atoms with Crippen LogP contribution in [0.5, 0.6) is 0 Å². The van der Waals surface area contributed by atoms with E-state index >= 15 is 0 Å². The molecule has 1 aromatic carbocycles. The summed E-state index contributed by atoms with van der Waals surface area (Å²) in [4.78, 5) is 16.0. The zero-order chi connectivity index (χ0) is 13.0. The molecule has 3 nitrogen and oxygen atoms in total. The summed E-state index contributed by atoms with van der Waals surface area (Å²) >= 11 is 3.39. The molecule has 0 aliphatic carbocycles. The molecule has 0 aliphatic heterocycles. The Hall–Kier alpha value is -1.03. The Morgan fingerprint density at radius 3 is 2.53 bits per heavy atom. The van der Waals surface area contributed by atoms with Crippen molar-refractivity contribution >= 4 is 27.5 Å². The molecule has 1 aromatic rings. The number of hydrogen-bond acceptors (Lipinski definition) is 2. The van der Waals surface area contributed by atoms with Crippen LogP contribution in [0.3, 0.4) is 0 Å². The van der Waals surface area contributed by atoms with Gasteiger partial charge in [-0.15, -0.1) is 0 Å². The van der Waals surface area contributed by atoms with Crippen LogP contribution in [0.2, 0.25) is 0 Å². The molecule has 0 saturated heterocycles. The van der Waals surface area contributed by atoms with Crippen molar-refractivity contribution in [2.24, 2.45) is 0 Å². The minimum Gasteiger partial charge on any atom is -0.378 e. The maximum atomic E-state index is 12.2. The second kappa shape index (κ2) is 6.05. The minimum absolute atomic E-state index is 0.0562. The maximum absolute atomic E-state index is 12.2. The van der Waals surface area contributed by atoms with Gasteiger partial charge in [0.15, 0.2) is 0 Å². The molecule has 0 bridgehead atoms. The summed E-state index contributed by atoms with van der Waals surface area (Å²) in [6.45, 7) is 2.02. The maximum Gasteiger partial charge on any atom is 0.253 e. The molecular formula is C13H19BrN2O. The molecule has 1 amide bonds. The predicted molar refractivity (Wildman–Crippen MR) is 76.1 cm³/mol. The van der Waals surface area contributed by atoms with E-state index in [4.69, 9.17) is 0 Å². The quantitative estimate of drug-likeness (QED) is 0.798. The standard InChI is InChI=1S/C13H19BrN2O/c1-10(9-14)16(4)13(17)11-6-5-7-12(8-11)15(2)3/h5-8,10H,9H2,1-4H3. The van der Waals surface area contributed by atoms with Crippen LogP contribution < -0.4 is 4.90 Å². The fraction of sp³-hybridized carbons (Fsp3) is 0.462. The van der Waals surface area contributed by atoms with Crippen molar-refractivity contribution in [1.29, 1.82) is 0 Å². The van der Waals surface area contributed by atoms with E-state index in [1.54, 1.807) is 4.90 Å². The Labute approximate surface area is 112 Å². The summed E-state index contributed by atoms with van der Waals surface area (Å²) in [5.74, 6) is 0.0562. The molecule has 94 valence electrons. The molecule has 1 rings (SSSR count). The molecular weight excluding hydrogens is 280 g/mol. The lowest BCUT2D eigenvalue weighted by molar-refractivity contribution is 0.0758. The van der Waals surface area contributed by atoms with E-state index in [0.29, 0.717) is 0 Å². The molecule has 0 radical (unpaired) electrons. The van der Waals surface area contributed by atoms with Crippen molar-refractivity contribution in [3.8, 4) is 0 Å². The monoisotopic (exact) mass is 298 g/mol. The van der Waals surface area contributed by atoms with E-state index in [9.17, 15) is 4.79 Å². The van der Waals surface area contributed by atoms with Gasteiger partial charge in [-0.05, 0) is 25.1 Å². The number of nitrogens with zero attached hydrogens (tertiary/aromatic N) is 2. The van der Waals surface area contributed by atoms with Gasteiger partial charge in [-0.2, -0.15) is 0 Å². The Bertz CT molecular complexity index is 393. The van der Waals surface area contributed by atoms with Gasteiger partial charge in [0.2, 0.25) is 0 Å². The molecule has 1 unspecified atom stereocenters. The third-order valence-corrected chi connectivity index (χ3v) is 3.75. The van der Waals surface area contributed by atoms with Gasteiger partial charge in [0.25, 0.3) is 5.91 Å². The van der Waals surface area contributed by atoms with Crippen molar-refractivity contribution in [1.82, 2.24) is 4.90 Å². The Balaban J connectivity index is 2.92. The first-order chi connectivity index (χ1) is 7.97. The third kappa shape index (κ3) is 3.46. The Kier molecular flexibility index (Phi) is 5.00. The zero-order valence-electron chi connectivity index (χ0n) is 10.8. The highest BCUT2D eigenvalue weighted by Gasteiger charge is 2.16. The lowest BCUT2D eigenvalue weighted by Crippen LogP contribution is -2.36. The molecule has 1 atom stereocenters. The number of alkyl halides is 1. The summed E-state index contributed by atoms with van der Waals surface area (Å²) in [5.41, 5.74) is 1.77. The van der Waals surface area contributed by atoms with Crippen LogP contribution >= 0.6 is 15.9 Å². The topological polar surface area (TPSA) is 23.6 Å². The van der Waals surface area contributed by atoms with Gasteiger partial charge >= 0.3 is 0 Å². The summed E-state index contributed by atoms with van der Waals surface area (Å²) in [6, 6.07) is 7.86. The molecule has 0 N–H and O–H groups in total. The van der Waals surface area contributed by atoms with E-state index in [2.05, 4.69) is 15.9 Å². The zero-order valence-corrected chi connectivity index (χ0v) is 12.4. The number of hydrogen-bond donors (Lipinski definition) is 0. The molecule has 0 spiro atoms. The lowest BCUT2D eigenvalue weighted by atomic mass is 10.1. The van der Waals surface area contributed by atoms with Gasteiger partial charge in [0, 0.05) is 43.8 Å².